The van der Waals surface area contributed by atoms with Gasteiger partial charge in [0, 0.05) is 22.5 Å². The number of halogens is 1. The molecule has 0 spiro atoms. The van der Waals surface area contributed by atoms with Crippen molar-refractivity contribution in [2.75, 3.05) is 13.1 Å². The third kappa shape index (κ3) is 2.25. The van der Waals surface area contributed by atoms with E-state index in [-0.39, 0.29) is 0 Å². The van der Waals surface area contributed by atoms with E-state index in [0.29, 0.717) is 11.8 Å². The van der Waals surface area contributed by atoms with Crippen molar-refractivity contribution in [3.8, 4) is 11.5 Å². The highest BCUT2D eigenvalue weighted by molar-refractivity contribution is 9.10. The standard InChI is InChI=1S/C12H12BrN3O/c13-10-3-1-2-8(6-10)12-15-11(16-17-12)9-4-5-14-7-9/h1-3,6,9,14H,4-5,7H2. The number of hydrogen-bond donors (Lipinski definition) is 1. The molecule has 88 valence electrons. The van der Waals surface area contributed by atoms with Crippen LogP contribution in [0.3, 0.4) is 0 Å². The van der Waals surface area contributed by atoms with Crippen molar-refractivity contribution in [3.05, 3.63) is 34.6 Å². The van der Waals surface area contributed by atoms with E-state index >= 15 is 0 Å². The van der Waals surface area contributed by atoms with Crippen molar-refractivity contribution in [3.63, 3.8) is 0 Å². The van der Waals surface area contributed by atoms with Crippen LogP contribution in [0.15, 0.2) is 33.3 Å². The van der Waals surface area contributed by atoms with Gasteiger partial charge in [-0.15, -0.1) is 0 Å². The van der Waals surface area contributed by atoms with Gasteiger partial charge in [0.25, 0.3) is 5.89 Å². The summed E-state index contributed by atoms with van der Waals surface area (Å²) in [6.45, 7) is 1.98. The van der Waals surface area contributed by atoms with Crippen LogP contribution >= 0.6 is 15.9 Å². The Morgan fingerprint density at radius 1 is 1.41 bits per heavy atom. The Balaban J connectivity index is 1.89. The summed E-state index contributed by atoms with van der Waals surface area (Å²) in [7, 11) is 0. The second kappa shape index (κ2) is 4.58. The molecule has 1 N–H and O–H groups in total. The number of aromatic nitrogens is 2. The second-order valence-corrected chi connectivity index (χ2v) is 5.07. The first-order valence-corrected chi connectivity index (χ1v) is 6.42. The van der Waals surface area contributed by atoms with Gasteiger partial charge in [0.05, 0.1) is 0 Å². The number of nitrogens with one attached hydrogen (secondary N) is 1. The average molecular weight is 294 g/mol. The van der Waals surface area contributed by atoms with E-state index in [1.54, 1.807) is 0 Å². The first-order valence-electron chi connectivity index (χ1n) is 5.63. The average Bonchev–Trinajstić information content (AvgIpc) is 3.00. The lowest BCUT2D eigenvalue weighted by Gasteiger charge is -1.98. The Bertz CT molecular complexity index is 520. The van der Waals surface area contributed by atoms with Gasteiger partial charge in [-0.05, 0) is 31.2 Å². The molecule has 0 aliphatic carbocycles. The van der Waals surface area contributed by atoms with Crippen molar-refractivity contribution in [1.29, 1.82) is 0 Å². The topological polar surface area (TPSA) is 51.0 Å². The SMILES string of the molecule is Brc1cccc(-c2nc(C3CCNC3)no2)c1. The molecule has 1 atom stereocenters. The molecule has 1 aliphatic rings. The number of hydrogen-bond acceptors (Lipinski definition) is 4. The molecule has 1 saturated heterocycles. The largest absolute Gasteiger partial charge is 0.334 e. The van der Waals surface area contributed by atoms with Gasteiger partial charge in [-0.1, -0.05) is 27.2 Å². The normalized spacial score (nSPS) is 19.7. The molecular formula is C12H12BrN3O. The fraction of sp³-hybridized carbons (Fsp3) is 0.333. The summed E-state index contributed by atoms with van der Waals surface area (Å²) in [5, 5.41) is 7.36. The summed E-state index contributed by atoms with van der Waals surface area (Å²) in [5.41, 5.74) is 0.948. The smallest absolute Gasteiger partial charge is 0.257 e. The highest BCUT2D eigenvalue weighted by atomic mass is 79.9. The number of nitrogens with zero attached hydrogens (tertiary/aromatic N) is 2. The summed E-state index contributed by atoms with van der Waals surface area (Å²) in [6.07, 6.45) is 1.08. The minimum atomic E-state index is 0.389. The van der Waals surface area contributed by atoms with Crippen LogP contribution in [0.4, 0.5) is 0 Å². The van der Waals surface area contributed by atoms with Crippen molar-refractivity contribution in [2.24, 2.45) is 0 Å². The molecule has 1 fully saturated rings. The van der Waals surface area contributed by atoms with Gasteiger partial charge in [0.15, 0.2) is 5.82 Å². The molecule has 2 heterocycles. The zero-order valence-electron chi connectivity index (χ0n) is 9.19. The Hall–Kier alpha value is -1.20. The minimum absolute atomic E-state index is 0.389. The Morgan fingerprint density at radius 3 is 3.12 bits per heavy atom. The van der Waals surface area contributed by atoms with E-state index in [2.05, 4.69) is 31.4 Å². The molecule has 0 amide bonds. The van der Waals surface area contributed by atoms with Crippen LogP contribution in [0.25, 0.3) is 11.5 Å². The van der Waals surface area contributed by atoms with Gasteiger partial charge in [-0.2, -0.15) is 4.98 Å². The van der Waals surface area contributed by atoms with E-state index in [9.17, 15) is 0 Å². The summed E-state index contributed by atoms with van der Waals surface area (Å²) in [5.74, 6) is 1.79. The minimum Gasteiger partial charge on any atom is -0.334 e. The van der Waals surface area contributed by atoms with Crippen molar-refractivity contribution < 1.29 is 4.52 Å². The lowest BCUT2D eigenvalue weighted by molar-refractivity contribution is 0.417. The Labute approximate surface area is 108 Å². The summed E-state index contributed by atoms with van der Waals surface area (Å²) < 4.78 is 6.32. The van der Waals surface area contributed by atoms with Gasteiger partial charge < -0.3 is 9.84 Å². The first kappa shape index (κ1) is 10.9. The van der Waals surface area contributed by atoms with Crippen LogP contribution in [0, 0.1) is 0 Å². The highest BCUT2D eigenvalue weighted by Gasteiger charge is 2.22. The van der Waals surface area contributed by atoms with Gasteiger partial charge in [-0.25, -0.2) is 0 Å². The zero-order chi connectivity index (χ0) is 11.7. The predicted octanol–water partition coefficient (Wildman–Crippen LogP) is 2.58. The zero-order valence-corrected chi connectivity index (χ0v) is 10.8. The number of benzene rings is 1. The molecule has 17 heavy (non-hydrogen) atoms. The van der Waals surface area contributed by atoms with Gasteiger partial charge in [0.1, 0.15) is 0 Å². The number of rotatable bonds is 2. The first-order chi connectivity index (χ1) is 8.33. The maximum absolute atomic E-state index is 5.31. The van der Waals surface area contributed by atoms with Crippen molar-refractivity contribution in [1.82, 2.24) is 15.5 Å². The van der Waals surface area contributed by atoms with Crippen LogP contribution in [0.5, 0.6) is 0 Å². The van der Waals surface area contributed by atoms with Gasteiger partial charge in [-0.3, -0.25) is 0 Å². The molecule has 0 saturated carbocycles. The van der Waals surface area contributed by atoms with E-state index in [1.165, 1.54) is 0 Å². The molecule has 0 bridgehead atoms. The Morgan fingerprint density at radius 2 is 2.35 bits per heavy atom. The molecule has 1 aliphatic heterocycles. The monoisotopic (exact) mass is 293 g/mol. The van der Waals surface area contributed by atoms with Gasteiger partial charge >= 0.3 is 0 Å². The maximum Gasteiger partial charge on any atom is 0.257 e. The van der Waals surface area contributed by atoms with Crippen molar-refractivity contribution >= 4 is 15.9 Å². The van der Waals surface area contributed by atoms with Crippen molar-refractivity contribution in [2.45, 2.75) is 12.3 Å². The molecule has 1 aromatic heterocycles. The molecule has 2 aromatic rings. The van der Waals surface area contributed by atoms with E-state index in [4.69, 9.17) is 4.52 Å². The summed E-state index contributed by atoms with van der Waals surface area (Å²) in [6, 6.07) is 7.88. The van der Waals surface area contributed by atoms with Gasteiger partial charge in [0.2, 0.25) is 0 Å². The molecule has 3 rings (SSSR count). The molecule has 1 aromatic carbocycles. The van der Waals surface area contributed by atoms with E-state index < -0.39 is 0 Å². The van der Waals surface area contributed by atoms with Crippen LogP contribution in [0.1, 0.15) is 18.2 Å². The van der Waals surface area contributed by atoms with E-state index in [0.717, 1.165) is 35.4 Å². The second-order valence-electron chi connectivity index (χ2n) is 4.16. The van der Waals surface area contributed by atoms with Crippen LogP contribution in [-0.2, 0) is 0 Å². The highest BCUT2D eigenvalue weighted by Crippen LogP contribution is 2.25. The third-order valence-electron chi connectivity index (χ3n) is 2.94. The molecule has 0 radical (unpaired) electrons. The lowest BCUT2D eigenvalue weighted by atomic mass is 10.1. The third-order valence-corrected chi connectivity index (χ3v) is 3.43. The lowest BCUT2D eigenvalue weighted by Crippen LogP contribution is -2.08. The molecule has 1 unspecified atom stereocenters. The molecular weight excluding hydrogens is 282 g/mol. The molecule has 4 nitrogen and oxygen atoms in total. The summed E-state index contributed by atoms with van der Waals surface area (Å²) >= 11 is 3.43. The fourth-order valence-corrected chi connectivity index (χ4v) is 2.41. The quantitative estimate of drug-likeness (QED) is 0.925. The fourth-order valence-electron chi connectivity index (χ4n) is 2.01. The Kier molecular flexibility index (Phi) is 2.94. The predicted molar refractivity (Wildman–Crippen MR) is 67.7 cm³/mol. The van der Waals surface area contributed by atoms with Crippen LogP contribution in [-0.4, -0.2) is 23.2 Å². The maximum atomic E-state index is 5.31. The van der Waals surface area contributed by atoms with Crippen LogP contribution in [0.2, 0.25) is 0 Å². The molecule has 5 heteroatoms. The summed E-state index contributed by atoms with van der Waals surface area (Å²) in [4.78, 5) is 4.46. The van der Waals surface area contributed by atoms with E-state index in [1.807, 2.05) is 24.3 Å². The van der Waals surface area contributed by atoms with Crippen LogP contribution < -0.4 is 5.32 Å².